The van der Waals surface area contributed by atoms with Crippen molar-refractivity contribution in [1.29, 1.82) is 0 Å². The normalized spacial score (nSPS) is 26.6. The SMILES string of the molecule is CN1CC2CCC(C2)C1.OCc1ccc(F)nc1. The first-order chi connectivity index (χ1) is 8.67. The average Bonchev–Trinajstić information content (AvgIpc) is 2.71. The molecule has 0 radical (unpaired) electrons. The highest BCUT2D eigenvalue weighted by Gasteiger charge is 2.30. The molecule has 2 unspecified atom stereocenters. The zero-order valence-electron chi connectivity index (χ0n) is 10.8. The maximum atomic E-state index is 12.0. The highest BCUT2D eigenvalue weighted by molar-refractivity contribution is 5.07. The number of aliphatic hydroxyl groups is 1. The molecule has 1 aliphatic carbocycles. The van der Waals surface area contributed by atoms with E-state index in [0.29, 0.717) is 5.56 Å². The van der Waals surface area contributed by atoms with E-state index in [0.717, 1.165) is 11.8 Å². The minimum absolute atomic E-state index is 0.0900. The molecule has 0 aromatic carbocycles. The Labute approximate surface area is 108 Å². The third kappa shape index (κ3) is 3.75. The number of hydrogen-bond acceptors (Lipinski definition) is 3. The van der Waals surface area contributed by atoms with Crippen molar-refractivity contribution in [3.05, 3.63) is 29.8 Å². The molecule has 1 saturated heterocycles. The minimum atomic E-state index is -0.521. The molecule has 4 heteroatoms. The van der Waals surface area contributed by atoms with Gasteiger partial charge in [-0.1, -0.05) is 6.07 Å². The van der Waals surface area contributed by atoms with E-state index in [-0.39, 0.29) is 6.61 Å². The van der Waals surface area contributed by atoms with Crippen LogP contribution in [0.1, 0.15) is 24.8 Å². The van der Waals surface area contributed by atoms with Gasteiger partial charge in [-0.25, -0.2) is 4.98 Å². The molecule has 1 aromatic heterocycles. The molecule has 2 bridgehead atoms. The molecule has 0 spiro atoms. The summed E-state index contributed by atoms with van der Waals surface area (Å²) in [7, 11) is 2.25. The van der Waals surface area contributed by atoms with Gasteiger partial charge < -0.3 is 10.0 Å². The molecule has 1 saturated carbocycles. The topological polar surface area (TPSA) is 36.4 Å². The molecular weight excluding hydrogens is 231 g/mol. The van der Waals surface area contributed by atoms with Gasteiger partial charge in [0.2, 0.25) is 5.95 Å². The Bertz CT molecular complexity index is 357. The fourth-order valence-electron chi connectivity index (χ4n) is 2.97. The second-order valence-electron chi connectivity index (χ2n) is 5.41. The molecule has 2 fully saturated rings. The number of aliphatic hydroxyl groups excluding tert-OH is 1. The molecule has 2 aliphatic rings. The molecule has 3 nitrogen and oxygen atoms in total. The lowest BCUT2D eigenvalue weighted by atomic mass is 10.00. The van der Waals surface area contributed by atoms with Crippen molar-refractivity contribution in [3.8, 4) is 0 Å². The van der Waals surface area contributed by atoms with Crippen LogP contribution in [0.3, 0.4) is 0 Å². The van der Waals surface area contributed by atoms with E-state index < -0.39 is 5.95 Å². The van der Waals surface area contributed by atoms with Crippen LogP contribution in [0.25, 0.3) is 0 Å². The Morgan fingerprint density at radius 2 is 2.00 bits per heavy atom. The summed E-state index contributed by atoms with van der Waals surface area (Å²) < 4.78 is 12.0. The molecule has 1 aliphatic heterocycles. The number of pyridine rings is 1. The van der Waals surface area contributed by atoms with Crippen molar-refractivity contribution < 1.29 is 9.50 Å². The number of nitrogens with zero attached hydrogens (tertiary/aromatic N) is 2. The summed E-state index contributed by atoms with van der Waals surface area (Å²) in [4.78, 5) is 5.82. The monoisotopic (exact) mass is 252 g/mol. The van der Waals surface area contributed by atoms with Gasteiger partial charge in [0.15, 0.2) is 0 Å². The quantitative estimate of drug-likeness (QED) is 0.777. The van der Waals surface area contributed by atoms with Crippen LogP contribution in [0, 0.1) is 17.8 Å². The summed E-state index contributed by atoms with van der Waals surface area (Å²) in [5.74, 6) is 1.61. The molecular formula is C14H21FN2O. The molecule has 18 heavy (non-hydrogen) atoms. The maximum absolute atomic E-state index is 12.0. The predicted octanol–water partition coefficient (Wildman–Crippen LogP) is 2.06. The van der Waals surface area contributed by atoms with E-state index >= 15 is 0 Å². The van der Waals surface area contributed by atoms with Gasteiger partial charge >= 0.3 is 0 Å². The number of aromatic nitrogens is 1. The smallest absolute Gasteiger partial charge is 0.212 e. The van der Waals surface area contributed by atoms with Gasteiger partial charge in [0.1, 0.15) is 0 Å². The van der Waals surface area contributed by atoms with Crippen LogP contribution in [-0.4, -0.2) is 35.1 Å². The van der Waals surface area contributed by atoms with Gasteiger partial charge in [0.05, 0.1) is 6.61 Å². The number of likely N-dealkylation sites (tertiary alicyclic amines) is 1. The van der Waals surface area contributed by atoms with Gasteiger partial charge in [0.25, 0.3) is 0 Å². The highest BCUT2D eigenvalue weighted by atomic mass is 19.1. The van der Waals surface area contributed by atoms with Crippen LogP contribution in [0.2, 0.25) is 0 Å². The van der Waals surface area contributed by atoms with Gasteiger partial charge in [0, 0.05) is 19.3 Å². The van der Waals surface area contributed by atoms with E-state index in [1.807, 2.05) is 0 Å². The second kappa shape index (κ2) is 6.25. The lowest BCUT2D eigenvalue weighted by Gasteiger charge is -2.27. The average molecular weight is 252 g/mol. The number of halogens is 1. The van der Waals surface area contributed by atoms with Crippen LogP contribution in [0.15, 0.2) is 18.3 Å². The number of piperidine rings is 1. The van der Waals surface area contributed by atoms with Crippen molar-refractivity contribution in [2.75, 3.05) is 20.1 Å². The second-order valence-corrected chi connectivity index (χ2v) is 5.41. The minimum Gasteiger partial charge on any atom is -0.392 e. The summed E-state index contributed by atoms with van der Waals surface area (Å²) in [5, 5.41) is 8.47. The Balaban J connectivity index is 0.000000134. The molecule has 1 aromatic rings. The van der Waals surface area contributed by atoms with Crippen molar-refractivity contribution >= 4 is 0 Å². The van der Waals surface area contributed by atoms with Crippen molar-refractivity contribution in [2.45, 2.75) is 25.9 Å². The first-order valence-corrected chi connectivity index (χ1v) is 6.57. The number of fused-ring (bicyclic) bond motifs is 2. The van der Waals surface area contributed by atoms with Gasteiger partial charge in [-0.05, 0) is 49.8 Å². The van der Waals surface area contributed by atoms with Gasteiger partial charge in [-0.3, -0.25) is 0 Å². The molecule has 3 rings (SSSR count). The number of hydrogen-bond donors (Lipinski definition) is 1. The third-order valence-electron chi connectivity index (χ3n) is 3.76. The van der Waals surface area contributed by atoms with Crippen molar-refractivity contribution in [3.63, 3.8) is 0 Å². The largest absolute Gasteiger partial charge is 0.392 e. The molecule has 0 amide bonds. The van der Waals surface area contributed by atoms with Crippen LogP contribution in [-0.2, 0) is 6.61 Å². The van der Waals surface area contributed by atoms with Crippen LogP contribution in [0.5, 0.6) is 0 Å². The fourth-order valence-corrected chi connectivity index (χ4v) is 2.97. The van der Waals surface area contributed by atoms with E-state index in [1.54, 1.807) is 0 Å². The van der Waals surface area contributed by atoms with E-state index in [9.17, 15) is 4.39 Å². The molecule has 100 valence electrons. The summed E-state index contributed by atoms with van der Waals surface area (Å²) >= 11 is 0. The lowest BCUT2D eigenvalue weighted by molar-refractivity contribution is 0.203. The van der Waals surface area contributed by atoms with Crippen molar-refractivity contribution in [2.24, 2.45) is 11.8 Å². The number of rotatable bonds is 1. The Morgan fingerprint density at radius 1 is 1.33 bits per heavy atom. The zero-order valence-corrected chi connectivity index (χ0v) is 10.8. The van der Waals surface area contributed by atoms with Crippen molar-refractivity contribution in [1.82, 2.24) is 9.88 Å². The summed E-state index contributed by atoms with van der Waals surface area (Å²) in [5.41, 5.74) is 0.622. The summed E-state index contributed by atoms with van der Waals surface area (Å²) in [6.45, 7) is 2.65. The predicted molar refractivity (Wildman–Crippen MR) is 68.4 cm³/mol. The highest BCUT2D eigenvalue weighted by Crippen LogP contribution is 2.35. The Morgan fingerprint density at radius 3 is 2.50 bits per heavy atom. The fraction of sp³-hybridized carbons (Fsp3) is 0.643. The van der Waals surface area contributed by atoms with Gasteiger partial charge in [-0.15, -0.1) is 0 Å². The van der Waals surface area contributed by atoms with E-state index in [2.05, 4.69) is 16.9 Å². The van der Waals surface area contributed by atoms with E-state index in [4.69, 9.17) is 5.11 Å². The third-order valence-corrected chi connectivity index (χ3v) is 3.76. The van der Waals surface area contributed by atoms with Crippen LogP contribution in [0.4, 0.5) is 4.39 Å². The molecule has 2 atom stereocenters. The van der Waals surface area contributed by atoms with Crippen LogP contribution < -0.4 is 0 Å². The Hall–Kier alpha value is -1.00. The van der Waals surface area contributed by atoms with E-state index in [1.165, 1.54) is 50.7 Å². The molecule has 2 heterocycles. The Kier molecular flexibility index (Phi) is 4.66. The summed E-state index contributed by atoms with van der Waals surface area (Å²) in [6, 6.07) is 2.70. The lowest BCUT2D eigenvalue weighted by Crippen LogP contribution is -2.32. The standard InChI is InChI=1S/C8H15N.C6H6FNO/c1-9-5-7-2-3-8(4-7)6-9;7-6-2-1-5(4-9)3-8-6/h7-8H,2-6H2,1H3;1-3,9H,4H2. The first kappa shape index (κ1) is 13.4. The van der Waals surface area contributed by atoms with Crippen LogP contribution >= 0.6 is 0 Å². The van der Waals surface area contributed by atoms with Gasteiger partial charge in [-0.2, -0.15) is 4.39 Å². The summed E-state index contributed by atoms with van der Waals surface area (Å²) in [6.07, 6.45) is 5.85. The maximum Gasteiger partial charge on any atom is 0.212 e. The first-order valence-electron chi connectivity index (χ1n) is 6.57. The zero-order chi connectivity index (χ0) is 13.0. The molecule has 1 N–H and O–H groups in total.